The van der Waals surface area contributed by atoms with Crippen molar-refractivity contribution in [2.75, 3.05) is 6.54 Å². The highest BCUT2D eigenvalue weighted by atomic mass is 32.2. The number of aryl methyl sites for hydroxylation is 2. The van der Waals surface area contributed by atoms with Crippen molar-refractivity contribution >= 4 is 27.3 Å². The molecular formula is C27H31NO5S2. The maximum atomic E-state index is 13.6. The number of hydrogen-bond donors (Lipinski definition) is 1. The molecule has 0 amide bonds. The molecule has 2 atom stereocenters. The van der Waals surface area contributed by atoms with Crippen LogP contribution in [0.1, 0.15) is 59.7 Å². The summed E-state index contributed by atoms with van der Waals surface area (Å²) in [4.78, 5) is 12.9. The normalized spacial score (nSPS) is 18.3. The molecular weight excluding hydrogens is 482 g/mol. The zero-order valence-electron chi connectivity index (χ0n) is 20.2. The first kappa shape index (κ1) is 25.4. The van der Waals surface area contributed by atoms with E-state index in [1.165, 1.54) is 9.87 Å². The first-order chi connectivity index (χ1) is 16.7. The topological polar surface area (TPSA) is 83.9 Å². The van der Waals surface area contributed by atoms with E-state index in [-0.39, 0.29) is 36.4 Å². The van der Waals surface area contributed by atoms with Gasteiger partial charge in [0.05, 0.1) is 13.0 Å². The van der Waals surface area contributed by atoms with Crippen LogP contribution in [-0.4, -0.2) is 36.4 Å². The van der Waals surface area contributed by atoms with Gasteiger partial charge in [-0.25, -0.2) is 8.42 Å². The van der Waals surface area contributed by atoms with E-state index in [4.69, 9.17) is 4.74 Å². The predicted octanol–water partition coefficient (Wildman–Crippen LogP) is 5.59. The second-order valence-corrected chi connectivity index (χ2v) is 11.8. The van der Waals surface area contributed by atoms with Crippen LogP contribution in [0.3, 0.4) is 0 Å². The third kappa shape index (κ3) is 5.44. The molecule has 1 aromatic heterocycles. The van der Waals surface area contributed by atoms with Crippen molar-refractivity contribution in [2.24, 2.45) is 0 Å². The van der Waals surface area contributed by atoms with Crippen LogP contribution in [0, 0.1) is 6.92 Å². The van der Waals surface area contributed by atoms with Crippen molar-refractivity contribution in [3.8, 4) is 5.75 Å². The van der Waals surface area contributed by atoms with E-state index in [9.17, 15) is 18.3 Å². The number of nitrogens with zero attached hydrogens (tertiary/aromatic N) is 1. The van der Waals surface area contributed by atoms with Gasteiger partial charge >= 0.3 is 5.97 Å². The Bertz CT molecular complexity index is 1310. The van der Waals surface area contributed by atoms with E-state index in [0.29, 0.717) is 12.2 Å². The molecule has 2 heterocycles. The second-order valence-electron chi connectivity index (χ2n) is 8.94. The van der Waals surface area contributed by atoms with Crippen LogP contribution in [0.2, 0.25) is 0 Å². The Kier molecular flexibility index (Phi) is 7.64. The van der Waals surface area contributed by atoms with Gasteiger partial charge in [0.15, 0.2) is 0 Å². The minimum absolute atomic E-state index is 0.0205. The average Bonchev–Trinajstić information content (AvgIpc) is 3.28. The third-order valence-corrected chi connectivity index (χ3v) is 9.50. The van der Waals surface area contributed by atoms with Crippen LogP contribution >= 0.6 is 11.3 Å². The lowest BCUT2D eigenvalue weighted by Gasteiger charge is -2.24. The van der Waals surface area contributed by atoms with Gasteiger partial charge in [0, 0.05) is 17.3 Å². The molecule has 0 fully saturated rings. The van der Waals surface area contributed by atoms with Crippen molar-refractivity contribution in [3.63, 3.8) is 0 Å². The molecule has 1 N–H and O–H groups in total. The van der Waals surface area contributed by atoms with E-state index < -0.39 is 16.0 Å². The lowest BCUT2D eigenvalue weighted by Crippen LogP contribution is -2.36. The van der Waals surface area contributed by atoms with Gasteiger partial charge in [0.1, 0.15) is 16.7 Å². The molecule has 1 aliphatic rings. The fraction of sp³-hybridized carbons (Fsp3) is 0.370. The highest BCUT2D eigenvalue weighted by Gasteiger charge is 2.34. The number of sulfonamides is 1. The number of para-hydroxylation sites is 1. The summed E-state index contributed by atoms with van der Waals surface area (Å²) in [5, 5.41) is 11.7. The van der Waals surface area contributed by atoms with Gasteiger partial charge in [-0.3, -0.25) is 4.79 Å². The summed E-state index contributed by atoms with van der Waals surface area (Å²) in [6.45, 7) is 6.46. The van der Waals surface area contributed by atoms with Crippen LogP contribution < -0.4 is 4.74 Å². The summed E-state index contributed by atoms with van der Waals surface area (Å²) >= 11 is 1.58. The molecule has 0 saturated heterocycles. The van der Waals surface area contributed by atoms with Crippen LogP contribution in [0.15, 0.2) is 58.8 Å². The minimum atomic E-state index is -3.77. The Morgan fingerprint density at radius 3 is 2.66 bits per heavy atom. The highest BCUT2D eigenvalue weighted by molar-refractivity contribution is 7.89. The van der Waals surface area contributed by atoms with Crippen molar-refractivity contribution in [1.29, 1.82) is 0 Å². The Balaban J connectivity index is 1.72. The van der Waals surface area contributed by atoms with Gasteiger partial charge in [-0.2, -0.15) is 4.31 Å². The van der Waals surface area contributed by atoms with E-state index in [2.05, 4.69) is 18.4 Å². The molecule has 6 nitrogen and oxygen atoms in total. The number of carbonyl (C=O) groups is 1. The number of ether oxygens (including phenoxy) is 1. The number of hydrogen-bond acceptors (Lipinski definition) is 5. The number of benzene rings is 2. The van der Waals surface area contributed by atoms with Crippen LogP contribution in [0.4, 0.5) is 0 Å². The van der Waals surface area contributed by atoms with Crippen LogP contribution in [0.5, 0.6) is 5.75 Å². The smallest absolute Gasteiger partial charge is 0.304 e. The number of carboxylic acids is 1. The van der Waals surface area contributed by atoms with Gasteiger partial charge in [-0.1, -0.05) is 44.2 Å². The van der Waals surface area contributed by atoms with Gasteiger partial charge in [0.25, 0.3) is 0 Å². The summed E-state index contributed by atoms with van der Waals surface area (Å²) in [7, 11) is -3.77. The average molecular weight is 514 g/mol. The molecule has 0 spiro atoms. The number of thiophene rings is 1. The molecule has 0 aliphatic carbocycles. The molecule has 3 aromatic rings. The molecule has 0 bridgehead atoms. The molecule has 0 radical (unpaired) electrons. The quantitative estimate of drug-likeness (QED) is 0.425. The summed E-state index contributed by atoms with van der Waals surface area (Å²) in [5.74, 6) is -0.762. The molecule has 35 heavy (non-hydrogen) atoms. The molecule has 1 aliphatic heterocycles. The number of fused-ring (bicyclic) bond motifs is 1. The van der Waals surface area contributed by atoms with Crippen LogP contribution in [-0.2, 0) is 27.8 Å². The largest absolute Gasteiger partial charge is 0.488 e. The summed E-state index contributed by atoms with van der Waals surface area (Å²) in [6, 6.07) is 14.7. The van der Waals surface area contributed by atoms with Crippen molar-refractivity contribution in [2.45, 2.75) is 63.5 Å². The van der Waals surface area contributed by atoms with Gasteiger partial charge in [0.2, 0.25) is 10.0 Å². The number of carboxylic acid groups (broad SMARTS) is 1. The Morgan fingerprint density at radius 2 is 1.97 bits per heavy atom. The molecule has 2 aromatic carbocycles. The molecule has 1 unspecified atom stereocenters. The predicted molar refractivity (Wildman–Crippen MR) is 138 cm³/mol. The van der Waals surface area contributed by atoms with E-state index >= 15 is 0 Å². The number of aliphatic carboxylic acids is 1. The molecule has 186 valence electrons. The fourth-order valence-electron chi connectivity index (χ4n) is 4.39. The third-order valence-electron chi connectivity index (χ3n) is 6.55. The Labute approximate surface area is 211 Å². The van der Waals surface area contributed by atoms with E-state index in [1.807, 2.05) is 32.0 Å². The standard InChI is InChI=1S/C27H31NO5S2/c1-4-19-12-25(34-17-19)23(14-27(29)30)20-11-10-18(3)21(13-20)15-28-16-22(5-2)33-24-8-6-7-9-26(24)35(28,31)32/h6-13,17,22-23H,4-5,14-16H2,1-3H3,(H,29,30)/t22-,23?/m1/s1. The lowest BCUT2D eigenvalue weighted by atomic mass is 9.91. The van der Waals surface area contributed by atoms with E-state index in [1.54, 1.807) is 35.6 Å². The summed E-state index contributed by atoms with van der Waals surface area (Å²) in [5.41, 5.74) is 3.90. The van der Waals surface area contributed by atoms with Crippen molar-refractivity contribution in [3.05, 3.63) is 81.0 Å². The monoisotopic (exact) mass is 513 g/mol. The van der Waals surface area contributed by atoms with E-state index in [0.717, 1.165) is 28.0 Å². The zero-order valence-corrected chi connectivity index (χ0v) is 21.9. The maximum Gasteiger partial charge on any atom is 0.304 e. The van der Waals surface area contributed by atoms with Gasteiger partial charge in [-0.15, -0.1) is 11.3 Å². The minimum Gasteiger partial charge on any atom is -0.488 e. The van der Waals surface area contributed by atoms with Gasteiger partial charge < -0.3 is 9.84 Å². The lowest BCUT2D eigenvalue weighted by molar-refractivity contribution is -0.137. The highest BCUT2D eigenvalue weighted by Crippen LogP contribution is 2.36. The maximum absolute atomic E-state index is 13.6. The van der Waals surface area contributed by atoms with Crippen molar-refractivity contribution < 1.29 is 23.1 Å². The van der Waals surface area contributed by atoms with Crippen LogP contribution in [0.25, 0.3) is 0 Å². The molecule has 8 heteroatoms. The van der Waals surface area contributed by atoms with Gasteiger partial charge in [-0.05, 0) is 65.6 Å². The first-order valence-electron chi connectivity index (χ1n) is 11.9. The Hall–Kier alpha value is -2.68. The number of rotatable bonds is 8. The fourth-order valence-corrected chi connectivity index (χ4v) is 7.09. The SMILES string of the molecule is CCc1csc(C(CC(=O)O)c2ccc(C)c(CN3C[C@@H](CC)Oc4ccccc4S3(=O)=O)c2)c1. The molecule has 0 saturated carbocycles. The first-order valence-corrected chi connectivity index (χ1v) is 14.2. The molecule has 4 rings (SSSR count). The van der Waals surface area contributed by atoms with Crippen molar-refractivity contribution in [1.82, 2.24) is 4.31 Å². The summed E-state index contributed by atoms with van der Waals surface area (Å²) < 4.78 is 34.7. The summed E-state index contributed by atoms with van der Waals surface area (Å²) in [6.07, 6.45) is 1.30. The zero-order chi connectivity index (χ0) is 25.2. The second kappa shape index (κ2) is 10.5. The Morgan fingerprint density at radius 1 is 1.20 bits per heavy atom.